The molecule has 0 bridgehead atoms. The van der Waals surface area contributed by atoms with Crippen LogP contribution in [0.3, 0.4) is 0 Å². The number of rotatable bonds is 1. The van der Waals surface area contributed by atoms with E-state index in [-0.39, 0.29) is 0 Å². The Morgan fingerprint density at radius 1 is 1.14 bits per heavy atom. The number of nitrogens with zero attached hydrogens (tertiary/aromatic N) is 1. The maximum absolute atomic E-state index is 6.07. The molecule has 0 aliphatic carbocycles. The smallest absolute Gasteiger partial charge is 0.0719 e. The molecule has 0 saturated heterocycles. The first-order valence-electron chi connectivity index (χ1n) is 4.45. The van der Waals surface area contributed by atoms with E-state index in [4.69, 9.17) is 11.6 Å². The highest BCUT2D eigenvalue weighted by Gasteiger charge is 2.02. The summed E-state index contributed by atoms with van der Waals surface area (Å²) in [5, 5.41) is 0.741. The van der Waals surface area contributed by atoms with E-state index in [1.54, 1.807) is 6.20 Å². The molecule has 14 heavy (non-hydrogen) atoms. The van der Waals surface area contributed by atoms with Crippen LogP contribution in [-0.2, 0) is 0 Å². The summed E-state index contributed by atoms with van der Waals surface area (Å²) in [6.45, 7) is 2.04. The minimum atomic E-state index is 0.741. The first-order valence-corrected chi connectivity index (χ1v) is 4.83. The Hall–Kier alpha value is -1.34. The lowest BCUT2D eigenvalue weighted by Crippen LogP contribution is -1.84. The molecular formula is C12H10ClN. The Bertz CT molecular complexity index is 452. The number of benzene rings is 1. The summed E-state index contributed by atoms with van der Waals surface area (Å²) < 4.78 is 0. The predicted octanol–water partition coefficient (Wildman–Crippen LogP) is 3.71. The fourth-order valence-corrected chi connectivity index (χ4v) is 1.58. The lowest BCUT2D eigenvalue weighted by atomic mass is 10.1. The molecule has 1 nitrogen and oxygen atoms in total. The van der Waals surface area contributed by atoms with Gasteiger partial charge in [0.1, 0.15) is 0 Å². The van der Waals surface area contributed by atoms with Crippen LogP contribution in [0.25, 0.3) is 11.3 Å². The maximum atomic E-state index is 6.07. The summed E-state index contributed by atoms with van der Waals surface area (Å²) in [4.78, 5) is 4.29. The van der Waals surface area contributed by atoms with Crippen molar-refractivity contribution in [3.05, 3.63) is 53.2 Å². The molecule has 0 N–H and O–H groups in total. The van der Waals surface area contributed by atoms with E-state index in [2.05, 4.69) is 4.98 Å². The zero-order valence-electron chi connectivity index (χ0n) is 7.87. The van der Waals surface area contributed by atoms with Crippen molar-refractivity contribution in [1.82, 2.24) is 4.98 Å². The van der Waals surface area contributed by atoms with E-state index < -0.39 is 0 Å². The lowest BCUT2D eigenvalue weighted by molar-refractivity contribution is 1.29. The lowest BCUT2D eigenvalue weighted by Gasteiger charge is -2.03. The van der Waals surface area contributed by atoms with Gasteiger partial charge in [-0.2, -0.15) is 0 Å². The normalized spacial score (nSPS) is 10.1. The fraction of sp³-hybridized carbons (Fsp3) is 0.0833. The SMILES string of the molecule is Cc1ccnc(-c2ccccc2Cl)c1. The quantitative estimate of drug-likeness (QED) is 0.689. The maximum Gasteiger partial charge on any atom is 0.0719 e. The molecule has 1 heterocycles. The zero-order chi connectivity index (χ0) is 9.97. The van der Waals surface area contributed by atoms with Crippen LogP contribution in [-0.4, -0.2) is 4.98 Å². The van der Waals surface area contributed by atoms with E-state index in [0.717, 1.165) is 16.3 Å². The molecule has 70 valence electrons. The molecule has 0 fully saturated rings. The third-order valence-corrected chi connectivity index (χ3v) is 2.39. The minimum absolute atomic E-state index is 0.741. The van der Waals surface area contributed by atoms with Gasteiger partial charge >= 0.3 is 0 Å². The van der Waals surface area contributed by atoms with Gasteiger partial charge in [0, 0.05) is 16.8 Å². The molecule has 0 aliphatic heterocycles. The second kappa shape index (κ2) is 3.81. The van der Waals surface area contributed by atoms with Crippen molar-refractivity contribution in [1.29, 1.82) is 0 Å². The predicted molar refractivity (Wildman–Crippen MR) is 59.4 cm³/mol. The summed E-state index contributed by atoms with van der Waals surface area (Å²) >= 11 is 6.07. The van der Waals surface area contributed by atoms with Gasteiger partial charge in [0.15, 0.2) is 0 Å². The van der Waals surface area contributed by atoms with Gasteiger partial charge in [-0.3, -0.25) is 4.98 Å². The van der Waals surface area contributed by atoms with Gasteiger partial charge in [-0.05, 0) is 30.7 Å². The number of pyridine rings is 1. The molecule has 0 aliphatic rings. The van der Waals surface area contributed by atoms with Gasteiger partial charge in [0.25, 0.3) is 0 Å². The van der Waals surface area contributed by atoms with E-state index in [9.17, 15) is 0 Å². The van der Waals surface area contributed by atoms with Crippen molar-refractivity contribution < 1.29 is 0 Å². The molecular weight excluding hydrogens is 194 g/mol. The highest BCUT2D eigenvalue weighted by atomic mass is 35.5. The van der Waals surface area contributed by atoms with Gasteiger partial charge in [-0.15, -0.1) is 0 Å². The molecule has 1 aromatic heterocycles. The van der Waals surface area contributed by atoms with Crippen molar-refractivity contribution in [2.75, 3.05) is 0 Å². The van der Waals surface area contributed by atoms with Crippen LogP contribution in [0.1, 0.15) is 5.56 Å². The average molecular weight is 204 g/mol. The third kappa shape index (κ3) is 1.78. The Kier molecular flexibility index (Phi) is 2.51. The van der Waals surface area contributed by atoms with Crippen LogP contribution in [0, 0.1) is 6.92 Å². The van der Waals surface area contributed by atoms with Gasteiger partial charge < -0.3 is 0 Å². The Morgan fingerprint density at radius 3 is 2.64 bits per heavy atom. The Labute approximate surface area is 88.4 Å². The number of aromatic nitrogens is 1. The zero-order valence-corrected chi connectivity index (χ0v) is 8.62. The third-order valence-electron chi connectivity index (χ3n) is 2.07. The van der Waals surface area contributed by atoms with Crippen molar-refractivity contribution in [2.45, 2.75) is 6.92 Å². The largest absolute Gasteiger partial charge is 0.256 e. The topological polar surface area (TPSA) is 12.9 Å². The van der Waals surface area contributed by atoms with Crippen molar-refractivity contribution >= 4 is 11.6 Å². The summed E-state index contributed by atoms with van der Waals surface area (Å²) in [5.74, 6) is 0. The van der Waals surface area contributed by atoms with Crippen LogP contribution in [0.5, 0.6) is 0 Å². The first-order chi connectivity index (χ1) is 6.77. The van der Waals surface area contributed by atoms with Crippen LogP contribution in [0.4, 0.5) is 0 Å². The van der Waals surface area contributed by atoms with Crippen molar-refractivity contribution in [2.24, 2.45) is 0 Å². The first kappa shape index (κ1) is 9.22. The highest BCUT2D eigenvalue weighted by molar-refractivity contribution is 6.33. The van der Waals surface area contributed by atoms with E-state index in [1.165, 1.54) is 5.56 Å². The Balaban J connectivity index is 2.55. The molecule has 0 atom stereocenters. The number of halogens is 1. The van der Waals surface area contributed by atoms with E-state index in [0.29, 0.717) is 0 Å². The highest BCUT2D eigenvalue weighted by Crippen LogP contribution is 2.25. The van der Waals surface area contributed by atoms with Crippen LogP contribution >= 0.6 is 11.6 Å². The molecule has 0 spiro atoms. The number of aryl methyl sites for hydroxylation is 1. The molecule has 0 unspecified atom stereocenters. The summed E-state index contributed by atoms with van der Waals surface area (Å²) in [6.07, 6.45) is 1.80. The summed E-state index contributed by atoms with van der Waals surface area (Å²) in [5.41, 5.74) is 3.10. The Morgan fingerprint density at radius 2 is 1.93 bits per heavy atom. The molecule has 2 heteroatoms. The second-order valence-corrected chi connectivity index (χ2v) is 3.61. The number of hydrogen-bond acceptors (Lipinski definition) is 1. The van der Waals surface area contributed by atoms with Crippen molar-refractivity contribution in [3.63, 3.8) is 0 Å². The van der Waals surface area contributed by atoms with E-state index >= 15 is 0 Å². The minimum Gasteiger partial charge on any atom is -0.256 e. The summed E-state index contributed by atoms with van der Waals surface area (Å²) in [7, 11) is 0. The monoisotopic (exact) mass is 203 g/mol. The molecule has 0 saturated carbocycles. The van der Waals surface area contributed by atoms with Gasteiger partial charge in [-0.25, -0.2) is 0 Å². The second-order valence-electron chi connectivity index (χ2n) is 3.20. The van der Waals surface area contributed by atoms with Gasteiger partial charge in [0.05, 0.1) is 5.69 Å². The van der Waals surface area contributed by atoms with E-state index in [1.807, 2.05) is 43.3 Å². The van der Waals surface area contributed by atoms with Crippen molar-refractivity contribution in [3.8, 4) is 11.3 Å². The van der Waals surface area contributed by atoms with Gasteiger partial charge in [0.2, 0.25) is 0 Å². The fourth-order valence-electron chi connectivity index (χ4n) is 1.35. The molecule has 1 aromatic carbocycles. The van der Waals surface area contributed by atoms with Crippen LogP contribution < -0.4 is 0 Å². The molecule has 0 radical (unpaired) electrons. The van der Waals surface area contributed by atoms with Crippen LogP contribution in [0.2, 0.25) is 5.02 Å². The molecule has 2 aromatic rings. The summed E-state index contributed by atoms with van der Waals surface area (Å²) in [6, 6.07) is 11.7. The standard InChI is InChI=1S/C12H10ClN/c1-9-6-7-14-12(8-9)10-4-2-3-5-11(10)13/h2-8H,1H3. The number of hydrogen-bond donors (Lipinski definition) is 0. The van der Waals surface area contributed by atoms with Gasteiger partial charge in [-0.1, -0.05) is 29.8 Å². The molecule has 0 amide bonds. The van der Waals surface area contributed by atoms with Crippen LogP contribution in [0.15, 0.2) is 42.6 Å². The molecule has 2 rings (SSSR count). The average Bonchev–Trinajstić information content (AvgIpc) is 2.18.